The normalized spacial score (nSPS) is 26.8. The third-order valence-corrected chi connectivity index (χ3v) is 3.61. The molecule has 1 aromatic rings. The molecule has 0 saturated heterocycles. The van der Waals surface area contributed by atoms with Gasteiger partial charge in [-0.1, -0.05) is 13.8 Å². The molecule has 16 heavy (non-hydrogen) atoms. The van der Waals surface area contributed by atoms with Crippen LogP contribution in [0.1, 0.15) is 51.3 Å². The fourth-order valence-corrected chi connectivity index (χ4v) is 2.34. The van der Waals surface area contributed by atoms with Crippen molar-refractivity contribution in [1.82, 2.24) is 10.3 Å². The van der Waals surface area contributed by atoms with Gasteiger partial charge in [-0.25, -0.2) is 4.98 Å². The van der Waals surface area contributed by atoms with Gasteiger partial charge in [0.05, 0.1) is 12.2 Å². The van der Waals surface area contributed by atoms with E-state index in [1.807, 2.05) is 6.92 Å². The third-order valence-electron chi connectivity index (χ3n) is 3.61. The van der Waals surface area contributed by atoms with Crippen LogP contribution in [0.3, 0.4) is 0 Å². The first-order valence-electron chi connectivity index (χ1n) is 6.24. The lowest BCUT2D eigenvalue weighted by Gasteiger charge is -2.39. The maximum Gasteiger partial charge on any atom is 0.211 e. The summed E-state index contributed by atoms with van der Waals surface area (Å²) in [5.74, 6) is 3.41. The zero-order valence-electron chi connectivity index (χ0n) is 10.7. The van der Waals surface area contributed by atoms with Crippen LogP contribution < -0.4 is 5.32 Å². The highest BCUT2D eigenvalue weighted by molar-refractivity contribution is 4.97. The SMILES string of the molecule is Cc1cnc(C(C)NC2CC(C(C)C)C2)o1. The lowest BCUT2D eigenvalue weighted by Crippen LogP contribution is -2.44. The Morgan fingerprint density at radius 2 is 2.06 bits per heavy atom. The van der Waals surface area contributed by atoms with Crippen molar-refractivity contribution >= 4 is 0 Å². The minimum atomic E-state index is 0.229. The predicted molar refractivity (Wildman–Crippen MR) is 64.1 cm³/mol. The molecule has 1 atom stereocenters. The van der Waals surface area contributed by atoms with Gasteiger partial charge >= 0.3 is 0 Å². The molecule has 90 valence electrons. The average molecular weight is 222 g/mol. The number of hydrogen-bond acceptors (Lipinski definition) is 3. The van der Waals surface area contributed by atoms with Crippen LogP contribution in [0.15, 0.2) is 10.6 Å². The zero-order chi connectivity index (χ0) is 11.7. The molecule has 0 amide bonds. The van der Waals surface area contributed by atoms with Gasteiger partial charge in [0.25, 0.3) is 0 Å². The number of oxazole rings is 1. The van der Waals surface area contributed by atoms with Crippen molar-refractivity contribution in [1.29, 1.82) is 0 Å². The Labute approximate surface area is 97.6 Å². The van der Waals surface area contributed by atoms with E-state index in [2.05, 4.69) is 31.1 Å². The van der Waals surface area contributed by atoms with E-state index >= 15 is 0 Å². The van der Waals surface area contributed by atoms with E-state index < -0.39 is 0 Å². The number of aromatic nitrogens is 1. The van der Waals surface area contributed by atoms with Crippen LogP contribution in [-0.4, -0.2) is 11.0 Å². The second-order valence-electron chi connectivity index (χ2n) is 5.37. The van der Waals surface area contributed by atoms with E-state index in [1.54, 1.807) is 6.20 Å². The Bertz CT molecular complexity index is 339. The van der Waals surface area contributed by atoms with Crippen molar-refractivity contribution in [3.63, 3.8) is 0 Å². The molecular weight excluding hydrogens is 200 g/mol. The molecule has 3 nitrogen and oxygen atoms in total. The first-order valence-corrected chi connectivity index (χ1v) is 6.24. The first-order chi connectivity index (χ1) is 7.56. The topological polar surface area (TPSA) is 38.1 Å². The highest BCUT2D eigenvalue weighted by Crippen LogP contribution is 2.34. The number of rotatable bonds is 4. The van der Waals surface area contributed by atoms with Gasteiger partial charge in [0.2, 0.25) is 5.89 Å². The second kappa shape index (κ2) is 4.58. The summed E-state index contributed by atoms with van der Waals surface area (Å²) in [6, 6.07) is 0.876. The summed E-state index contributed by atoms with van der Waals surface area (Å²) in [6.07, 6.45) is 4.37. The van der Waals surface area contributed by atoms with Gasteiger partial charge in [-0.3, -0.25) is 0 Å². The molecule has 1 unspecified atom stereocenters. The molecule has 0 aromatic carbocycles. The van der Waals surface area contributed by atoms with Crippen LogP contribution in [-0.2, 0) is 0 Å². The van der Waals surface area contributed by atoms with Gasteiger partial charge in [-0.15, -0.1) is 0 Å². The van der Waals surface area contributed by atoms with Crippen LogP contribution in [0.4, 0.5) is 0 Å². The molecule has 1 aliphatic rings. The van der Waals surface area contributed by atoms with E-state index in [0.29, 0.717) is 6.04 Å². The van der Waals surface area contributed by atoms with Crippen molar-refractivity contribution in [3.8, 4) is 0 Å². The van der Waals surface area contributed by atoms with Gasteiger partial charge in [0.15, 0.2) is 0 Å². The highest BCUT2D eigenvalue weighted by atomic mass is 16.4. The molecule has 2 rings (SSSR count). The van der Waals surface area contributed by atoms with E-state index in [1.165, 1.54) is 12.8 Å². The Balaban J connectivity index is 1.79. The van der Waals surface area contributed by atoms with Gasteiger partial charge in [-0.05, 0) is 38.5 Å². The van der Waals surface area contributed by atoms with Gasteiger partial charge in [0.1, 0.15) is 5.76 Å². The lowest BCUT2D eigenvalue weighted by molar-refractivity contribution is 0.154. The monoisotopic (exact) mass is 222 g/mol. The summed E-state index contributed by atoms with van der Waals surface area (Å²) in [5.41, 5.74) is 0. The van der Waals surface area contributed by atoms with Crippen LogP contribution in [0, 0.1) is 18.8 Å². The predicted octanol–water partition coefficient (Wildman–Crippen LogP) is 3.07. The fourth-order valence-electron chi connectivity index (χ4n) is 2.34. The second-order valence-corrected chi connectivity index (χ2v) is 5.37. The Hall–Kier alpha value is -0.830. The summed E-state index contributed by atoms with van der Waals surface area (Å²) in [6.45, 7) is 8.67. The van der Waals surface area contributed by atoms with E-state index in [9.17, 15) is 0 Å². The molecule has 0 radical (unpaired) electrons. The van der Waals surface area contributed by atoms with Crippen LogP contribution in [0.2, 0.25) is 0 Å². The Morgan fingerprint density at radius 3 is 2.56 bits per heavy atom. The summed E-state index contributed by atoms with van der Waals surface area (Å²) in [7, 11) is 0. The minimum absolute atomic E-state index is 0.229. The van der Waals surface area contributed by atoms with Gasteiger partial charge in [-0.2, -0.15) is 0 Å². The highest BCUT2D eigenvalue weighted by Gasteiger charge is 2.32. The smallest absolute Gasteiger partial charge is 0.211 e. The van der Waals surface area contributed by atoms with Crippen LogP contribution >= 0.6 is 0 Å². The molecule has 1 aromatic heterocycles. The van der Waals surface area contributed by atoms with E-state index in [0.717, 1.165) is 23.5 Å². The zero-order valence-corrected chi connectivity index (χ0v) is 10.7. The molecule has 0 aliphatic heterocycles. The maximum absolute atomic E-state index is 5.52. The molecule has 1 aliphatic carbocycles. The first kappa shape index (κ1) is 11.6. The van der Waals surface area contributed by atoms with Gasteiger partial charge in [0, 0.05) is 6.04 Å². The fraction of sp³-hybridized carbons (Fsp3) is 0.769. The molecule has 1 fully saturated rings. The molecule has 0 bridgehead atoms. The molecule has 1 saturated carbocycles. The van der Waals surface area contributed by atoms with Gasteiger partial charge < -0.3 is 9.73 Å². The van der Waals surface area contributed by atoms with Crippen molar-refractivity contribution in [2.24, 2.45) is 11.8 Å². The standard InChI is InChI=1S/C13H22N2O/c1-8(2)11-5-12(6-11)15-10(4)13-14-7-9(3)16-13/h7-8,10-12,15H,5-6H2,1-4H3. The largest absolute Gasteiger partial charge is 0.444 e. The summed E-state index contributed by atoms with van der Waals surface area (Å²) in [5, 5.41) is 3.57. The van der Waals surface area contributed by atoms with Crippen molar-refractivity contribution in [3.05, 3.63) is 17.8 Å². The van der Waals surface area contributed by atoms with Crippen molar-refractivity contribution < 1.29 is 4.42 Å². The Kier molecular flexibility index (Phi) is 3.33. The van der Waals surface area contributed by atoms with E-state index in [-0.39, 0.29) is 6.04 Å². The van der Waals surface area contributed by atoms with E-state index in [4.69, 9.17) is 4.42 Å². The molecule has 1 heterocycles. The van der Waals surface area contributed by atoms with Crippen molar-refractivity contribution in [2.75, 3.05) is 0 Å². The quantitative estimate of drug-likeness (QED) is 0.850. The van der Waals surface area contributed by atoms with Crippen LogP contribution in [0.5, 0.6) is 0 Å². The molecule has 3 heteroatoms. The molecule has 1 N–H and O–H groups in total. The third kappa shape index (κ3) is 2.46. The lowest BCUT2D eigenvalue weighted by atomic mass is 9.73. The number of nitrogens with one attached hydrogen (secondary N) is 1. The average Bonchev–Trinajstić information content (AvgIpc) is 2.56. The van der Waals surface area contributed by atoms with Crippen LogP contribution in [0.25, 0.3) is 0 Å². The summed E-state index contributed by atoms with van der Waals surface area (Å²) in [4.78, 5) is 4.25. The summed E-state index contributed by atoms with van der Waals surface area (Å²) >= 11 is 0. The summed E-state index contributed by atoms with van der Waals surface area (Å²) < 4.78 is 5.52. The molecule has 0 spiro atoms. The molecular formula is C13H22N2O. The minimum Gasteiger partial charge on any atom is -0.444 e. The Morgan fingerprint density at radius 1 is 1.38 bits per heavy atom. The van der Waals surface area contributed by atoms with Crippen molar-refractivity contribution in [2.45, 2.75) is 52.6 Å². The number of aryl methyl sites for hydroxylation is 1. The number of hydrogen-bond donors (Lipinski definition) is 1. The maximum atomic E-state index is 5.52. The number of nitrogens with zero attached hydrogens (tertiary/aromatic N) is 1.